The molecular formula is C14H21ClN2. The van der Waals surface area contributed by atoms with Crippen LogP contribution in [0.2, 0.25) is 5.02 Å². The predicted molar refractivity (Wildman–Crippen MR) is 74.9 cm³/mol. The summed E-state index contributed by atoms with van der Waals surface area (Å²) in [4.78, 5) is 2.47. The van der Waals surface area contributed by atoms with Gasteiger partial charge in [-0.2, -0.15) is 0 Å². The lowest BCUT2D eigenvalue weighted by Crippen LogP contribution is -2.19. The van der Waals surface area contributed by atoms with Gasteiger partial charge in [-0.05, 0) is 63.0 Å². The summed E-state index contributed by atoms with van der Waals surface area (Å²) in [6.45, 7) is 3.52. The molecule has 0 saturated carbocycles. The van der Waals surface area contributed by atoms with Gasteiger partial charge < -0.3 is 10.2 Å². The third kappa shape index (κ3) is 3.62. The van der Waals surface area contributed by atoms with E-state index in [9.17, 15) is 0 Å². The van der Waals surface area contributed by atoms with E-state index >= 15 is 0 Å². The first-order valence-electron chi connectivity index (χ1n) is 6.44. The molecule has 1 aromatic rings. The lowest BCUT2D eigenvalue weighted by molar-refractivity contribution is 0.506. The van der Waals surface area contributed by atoms with Crippen LogP contribution in [0, 0.1) is 5.92 Å². The van der Waals surface area contributed by atoms with Crippen LogP contribution in [0.25, 0.3) is 0 Å². The summed E-state index contributed by atoms with van der Waals surface area (Å²) in [5, 5.41) is 4.03. The van der Waals surface area contributed by atoms with Crippen LogP contribution in [0.4, 0.5) is 5.69 Å². The van der Waals surface area contributed by atoms with Gasteiger partial charge in [-0.15, -0.1) is 0 Å². The van der Waals surface area contributed by atoms with Gasteiger partial charge in [0.25, 0.3) is 0 Å². The van der Waals surface area contributed by atoms with Gasteiger partial charge in [-0.3, -0.25) is 0 Å². The van der Waals surface area contributed by atoms with Crippen molar-refractivity contribution in [2.75, 3.05) is 31.6 Å². The maximum absolute atomic E-state index is 5.91. The maximum Gasteiger partial charge on any atom is 0.0407 e. The molecule has 0 spiro atoms. The molecule has 1 N–H and O–H groups in total. The van der Waals surface area contributed by atoms with Crippen LogP contribution < -0.4 is 10.2 Å². The third-order valence-corrected chi connectivity index (χ3v) is 3.77. The molecule has 2 rings (SSSR count). The lowest BCUT2D eigenvalue weighted by atomic mass is 10.0. The topological polar surface area (TPSA) is 15.3 Å². The van der Waals surface area contributed by atoms with Gasteiger partial charge >= 0.3 is 0 Å². The van der Waals surface area contributed by atoms with Crippen LogP contribution in [0.1, 0.15) is 19.3 Å². The van der Waals surface area contributed by atoms with E-state index in [1.807, 2.05) is 19.2 Å². The molecular weight excluding hydrogens is 232 g/mol. The van der Waals surface area contributed by atoms with E-state index in [1.165, 1.54) is 38.0 Å². The fourth-order valence-electron chi connectivity index (χ4n) is 2.52. The van der Waals surface area contributed by atoms with E-state index in [1.54, 1.807) is 0 Å². The Hall–Kier alpha value is -0.730. The van der Waals surface area contributed by atoms with Crippen LogP contribution in [0.3, 0.4) is 0 Å². The Kier molecular flexibility index (Phi) is 4.69. The smallest absolute Gasteiger partial charge is 0.0407 e. The summed E-state index contributed by atoms with van der Waals surface area (Å²) >= 11 is 5.91. The van der Waals surface area contributed by atoms with Gasteiger partial charge in [0, 0.05) is 23.8 Å². The van der Waals surface area contributed by atoms with Gasteiger partial charge in [0.1, 0.15) is 0 Å². The molecule has 2 nitrogen and oxygen atoms in total. The Morgan fingerprint density at radius 1 is 1.35 bits per heavy atom. The highest BCUT2D eigenvalue weighted by molar-refractivity contribution is 6.30. The monoisotopic (exact) mass is 252 g/mol. The van der Waals surface area contributed by atoms with E-state index in [2.05, 4.69) is 22.3 Å². The van der Waals surface area contributed by atoms with Crippen molar-refractivity contribution >= 4 is 17.3 Å². The standard InChI is InChI=1S/C14H21ClN2/c1-16-9-2-3-12-8-10-17(11-12)14-6-4-13(15)5-7-14/h4-7,12,16H,2-3,8-11H2,1H3. The van der Waals surface area contributed by atoms with Crippen LogP contribution in [0.5, 0.6) is 0 Å². The summed E-state index contributed by atoms with van der Waals surface area (Å²) in [5.74, 6) is 0.860. The van der Waals surface area contributed by atoms with E-state index in [0.717, 1.165) is 17.5 Å². The van der Waals surface area contributed by atoms with Crippen molar-refractivity contribution in [3.8, 4) is 0 Å². The second-order valence-corrected chi connectivity index (χ2v) is 5.26. The number of benzene rings is 1. The van der Waals surface area contributed by atoms with Gasteiger partial charge in [-0.25, -0.2) is 0 Å². The first-order chi connectivity index (χ1) is 8.29. The SMILES string of the molecule is CNCCCC1CCN(c2ccc(Cl)cc2)C1. The maximum atomic E-state index is 5.91. The Morgan fingerprint density at radius 3 is 2.82 bits per heavy atom. The zero-order valence-corrected chi connectivity index (χ0v) is 11.2. The first-order valence-corrected chi connectivity index (χ1v) is 6.82. The number of anilines is 1. The summed E-state index contributed by atoms with van der Waals surface area (Å²) < 4.78 is 0. The average Bonchev–Trinajstić information content (AvgIpc) is 2.79. The summed E-state index contributed by atoms with van der Waals surface area (Å²) in [5.41, 5.74) is 1.31. The number of hydrogen-bond donors (Lipinski definition) is 1. The van der Waals surface area contributed by atoms with Crippen molar-refractivity contribution < 1.29 is 0 Å². The molecule has 94 valence electrons. The van der Waals surface area contributed by atoms with Crippen molar-refractivity contribution in [1.29, 1.82) is 0 Å². The quantitative estimate of drug-likeness (QED) is 0.810. The molecule has 1 heterocycles. The average molecular weight is 253 g/mol. The Balaban J connectivity index is 1.83. The molecule has 0 aliphatic carbocycles. The summed E-state index contributed by atoms with van der Waals surface area (Å²) in [7, 11) is 2.02. The fraction of sp³-hybridized carbons (Fsp3) is 0.571. The summed E-state index contributed by atoms with van der Waals surface area (Å²) in [6, 6.07) is 8.20. The highest BCUT2D eigenvalue weighted by atomic mass is 35.5. The van der Waals surface area contributed by atoms with Crippen molar-refractivity contribution in [2.24, 2.45) is 5.92 Å². The number of nitrogens with one attached hydrogen (secondary N) is 1. The van der Waals surface area contributed by atoms with E-state index in [-0.39, 0.29) is 0 Å². The van der Waals surface area contributed by atoms with E-state index in [0.29, 0.717) is 0 Å². The number of rotatable bonds is 5. The molecule has 1 aromatic carbocycles. The van der Waals surface area contributed by atoms with Gasteiger partial charge in [0.15, 0.2) is 0 Å². The van der Waals surface area contributed by atoms with Gasteiger partial charge in [0.05, 0.1) is 0 Å². The molecule has 17 heavy (non-hydrogen) atoms. The summed E-state index contributed by atoms with van der Waals surface area (Å²) in [6.07, 6.45) is 3.95. The molecule has 3 heteroatoms. The second kappa shape index (κ2) is 6.27. The third-order valence-electron chi connectivity index (χ3n) is 3.52. The van der Waals surface area contributed by atoms with Crippen LogP contribution >= 0.6 is 11.6 Å². The highest BCUT2D eigenvalue weighted by Gasteiger charge is 2.21. The molecule has 1 aliphatic rings. The van der Waals surface area contributed by atoms with E-state index < -0.39 is 0 Å². The molecule has 0 aromatic heterocycles. The van der Waals surface area contributed by atoms with Crippen molar-refractivity contribution in [1.82, 2.24) is 5.32 Å². The number of nitrogens with zero attached hydrogens (tertiary/aromatic N) is 1. The first kappa shape index (κ1) is 12.7. The van der Waals surface area contributed by atoms with Crippen LogP contribution in [-0.2, 0) is 0 Å². The highest BCUT2D eigenvalue weighted by Crippen LogP contribution is 2.27. The van der Waals surface area contributed by atoms with Crippen molar-refractivity contribution in [2.45, 2.75) is 19.3 Å². The normalized spacial score (nSPS) is 19.9. The minimum Gasteiger partial charge on any atom is -0.371 e. The molecule has 0 amide bonds. The van der Waals surface area contributed by atoms with Crippen molar-refractivity contribution in [3.63, 3.8) is 0 Å². The predicted octanol–water partition coefficient (Wildman–Crippen LogP) is 3.17. The second-order valence-electron chi connectivity index (χ2n) is 4.82. The molecule has 1 aliphatic heterocycles. The van der Waals surface area contributed by atoms with Crippen LogP contribution in [0.15, 0.2) is 24.3 Å². The van der Waals surface area contributed by atoms with Crippen LogP contribution in [-0.4, -0.2) is 26.7 Å². The minimum atomic E-state index is 0.818. The Labute approximate surface area is 109 Å². The lowest BCUT2D eigenvalue weighted by Gasteiger charge is -2.18. The molecule has 1 atom stereocenters. The molecule has 0 radical (unpaired) electrons. The number of hydrogen-bond acceptors (Lipinski definition) is 2. The molecule has 1 saturated heterocycles. The fourth-order valence-corrected chi connectivity index (χ4v) is 2.65. The zero-order valence-electron chi connectivity index (χ0n) is 10.5. The van der Waals surface area contributed by atoms with Crippen molar-refractivity contribution in [3.05, 3.63) is 29.3 Å². The molecule has 0 bridgehead atoms. The zero-order chi connectivity index (χ0) is 12.1. The number of halogens is 1. The van der Waals surface area contributed by atoms with Gasteiger partial charge in [-0.1, -0.05) is 11.6 Å². The Bertz CT molecular complexity index is 337. The van der Waals surface area contributed by atoms with Gasteiger partial charge in [0.2, 0.25) is 0 Å². The molecule has 1 fully saturated rings. The minimum absolute atomic E-state index is 0.818. The molecule has 1 unspecified atom stereocenters. The largest absolute Gasteiger partial charge is 0.371 e. The van der Waals surface area contributed by atoms with E-state index in [4.69, 9.17) is 11.6 Å². The Morgan fingerprint density at radius 2 is 2.12 bits per heavy atom.